The van der Waals surface area contributed by atoms with Gasteiger partial charge >= 0.3 is 0 Å². The standard InChI is InChI=1S/C25H23N5O5/c1-31-18-10-7-11-19-22(18)23(26-16-8-5-6-9-17(16)35-19)25-27-28-29-30(25)14-15-12-20(32-2)24(34-4)21(13-15)33-3/h5-13H,14H2,1-4H3. The van der Waals surface area contributed by atoms with Crippen LogP contribution in [-0.2, 0) is 6.54 Å². The molecule has 3 aromatic carbocycles. The summed E-state index contributed by atoms with van der Waals surface area (Å²) in [5.41, 5.74) is 2.69. The lowest BCUT2D eigenvalue weighted by molar-refractivity contribution is 0.323. The number of hydrogen-bond acceptors (Lipinski definition) is 9. The molecule has 178 valence electrons. The number of methoxy groups -OCH3 is 4. The van der Waals surface area contributed by atoms with Gasteiger partial charge in [-0.05, 0) is 52.4 Å². The summed E-state index contributed by atoms with van der Waals surface area (Å²) < 4.78 is 29.9. The Balaban J connectivity index is 1.65. The van der Waals surface area contributed by atoms with E-state index < -0.39 is 0 Å². The Morgan fingerprint density at radius 3 is 2.23 bits per heavy atom. The lowest BCUT2D eigenvalue weighted by Gasteiger charge is -2.15. The van der Waals surface area contributed by atoms with Gasteiger partial charge in [-0.1, -0.05) is 18.2 Å². The fraction of sp³-hybridized carbons (Fsp3) is 0.200. The third kappa shape index (κ3) is 3.99. The Labute approximate surface area is 201 Å². The molecule has 10 nitrogen and oxygen atoms in total. The second-order valence-electron chi connectivity index (χ2n) is 7.56. The molecule has 4 aromatic rings. The molecule has 0 unspecified atom stereocenters. The number of hydrogen-bond donors (Lipinski definition) is 0. The molecule has 35 heavy (non-hydrogen) atoms. The Morgan fingerprint density at radius 2 is 1.51 bits per heavy atom. The van der Waals surface area contributed by atoms with Crippen LogP contribution in [0.15, 0.2) is 59.6 Å². The smallest absolute Gasteiger partial charge is 0.203 e. The number of rotatable bonds is 7. The highest BCUT2D eigenvalue weighted by Crippen LogP contribution is 2.42. The van der Waals surface area contributed by atoms with Crippen LogP contribution in [0.3, 0.4) is 0 Å². The summed E-state index contributed by atoms with van der Waals surface area (Å²) in [6.45, 7) is 0.324. The molecule has 0 atom stereocenters. The lowest BCUT2D eigenvalue weighted by atomic mass is 10.1. The van der Waals surface area contributed by atoms with Gasteiger partial charge in [-0.15, -0.1) is 5.10 Å². The number of ether oxygens (including phenoxy) is 5. The molecule has 0 aliphatic carbocycles. The Bertz CT molecular complexity index is 1390. The molecule has 10 heteroatoms. The summed E-state index contributed by atoms with van der Waals surface area (Å²) in [6, 6.07) is 16.8. The molecule has 2 heterocycles. The van der Waals surface area contributed by atoms with Crippen molar-refractivity contribution >= 4 is 11.4 Å². The van der Waals surface area contributed by atoms with Crippen molar-refractivity contribution in [2.75, 3.05) is 28.4 Å². The molecule has 1 aromatic heterocycles. The van der Waals surface area contributed by atoms with Crippen molar-refractivity contribution in [3.8, 4) is 34.5 Å². The topological polar surface area (TPSA) is 102 Å². The molecular formula is C25H23N5O5. The third-order valence-corrected chi connectivity index (χ3v) is 5.56. The molecular weight excluding hydrogens is 450 g/mol. The number of aromatic nitrogens is 4. The first-order valence-corrected chi connectivity index (χ1v) is 10.7. The van der Waals surface area contributed by atoms with Gasteiger partial charge < -0.3 is 23.7 Å². The third-order valence-electron chi connectivity index (χ3n) is 5.56. The van der Waals surface area contributed by atoms with E-state index in [0.717, 1.165) is 5.56 Å². The van der Waals surface area contributed by atoms with Gasteiger partial charge in [-0.3, -0.25) is 0 Å². The van der Waals surface area contributed by atoms with Crippen molar-refractivity contribution in [2.24, 2.45) is 4.99 Å². The molecule has 0 amide bonds. The predicted molar refractivity (Wildman–Crippen MR) is 128 cm³/mol. The average Bonchev–Trinajstić information content (AvgIpc) is 3.27. The Morgan fingerprint density at radius 1 is 0.800 bits per heavy atom. The number of nitrogens with zero attached hydrogens (tertiary/aromatic N) is 5. The first kappa shape index (κ1) is 22.2. The van der Waals surface area contributed by atoms with E-state index in [1.807, 2.05) is 54.6 Å². The highest BCUT2D eigenvalue weighted by Gasteiger charge is 2.27. The number of benzene rings is 3. The van der Waals surface area contributed by atoms with E-state index in [-0.39, 0.29) is 0 Å². The highest BCUT2D eigenvalue weighted by atomic mass is 16.5. The zero-order valence-electron chi connectivity index (χ0n) is 19.7. The predicted octanol–water partition coefficient (Wildman–Crippen LogP) is 4.03. The van der Waals surface area contributed by atoms with Gasteiger partial charge in [0, 0.05) is 0 Å². The summed E-state index contributed by atoms with van der Waals surface area (Å²) in [4.78, 5) is 4.91. The molecule has 0 fully saturated rings. The lowest BCUT2D eigenvalue weighted by Crippen LogP contribution is -2.16. The van der Waals surface area contributed by atoms with E-state index in [9.17, 15) is 0 Å². The van der Waals surface area contributed by atoms with E-state index >= 15 is 0 Å². The highest BCUT2D eigenvalue weighted by molar-refractivity contribution is 6.15. The van der Waals surface area contributed by atoms with Crippen LogP contribution in [0.25, 0.3) is 0 Å². The summed E-state index contributed by atoms with van der Waals surface area (Å²) in [5, 5.41) is 12.5. The van der Waals surface area contributed by atoms with Gasteiger partial charge in [0.25, 0.3) is 0 Å². The van der Waals surface area contributed by atoms with Gasteiger partial charge in [0.05, 0.1) is 40.5 Å². The van der Waals surface area contributed by atoms with E-state index in [1.54, 1.807) is 33.1 Å². The largest absolute Gasteiger partial charge is 0.496 e. The van der Waals surface area contributed by atoms with Crippen LogP contribution in [0, 0.1) is 0 Å². The van der Waals surface area contributed by atoms with E-state index in [1.165, 1.54) is 0 Å². The van der Waals surface area contributed by atoms with Crippen LogP contribution in [0.1, 0.15) is 17.0 Å². The van der Waals surface area contributed by atoms with Crippen LogP contribution < -0.4 is 23.7 Å². The van der Waals surface area contributed by atoms with E-state index in [4.69, 9.17) is 28.7 Å². The van der Waals surface area contributed by atoms with Crippen molar-refractivity contribution in [3.63, 3.8) is 0 Å². The fourth-order valence-corrected chi connectivity index (χ4v) is 3.97. The first-order valence-electron chi connectivity index (χ1n) is 10.7. The Hall–Kier alpha value is -4.60. The van der Waals surface area contributed by atoms with Crippen LogP contribution in [-0.4, -0.2) is 54.4 Å². The van der Waals surface area contributed by atoms with Crippen molar-refractivity contribution in [1.82, 2.24) is 20.2 Å². The van der Waals surface area contributed by atoms with Crippen molar-refractivity contribution < 1.29 is 23.7 Å². The van der Waals surface area contributed by atoms with Crippen LogP contribution in [0.2, 0.25) is 0 Å². The first-order chi connectivity index (χ1) is 17.2. The zero-order valence-corrected chi connectivity index (χ0v) is 19.7. The van der Waals surface area contributed by atoms with E-state index in [0.29, 0.717) is 63.8 Å². The minimum absolute atomic E-state index is 0.324. The fourth-order valence-electron chi connectivity index (χ4n) is 3.97. The normalized spacial score (nSPS) is 11.9. The maximum Gasteiger partial charge on any atom is 0.203 e. The quantitative estimate of drug-likeness (QED) is 0.349. The minimum Gasteiger partial charge on any atom is -0.496 e. The summed E-state index contributed by atoms with van der Waals surface area (Å²) in [5.74, 6) is 3.85. The maximum absolute atomic E-state index is 6.20. The Kier molecular flexibility index (Phi) is 5.92. The van der Waals surface area contributed by atoms with Crippen molar-refractivity contribution in [2.45, 2.75) is 6.54 Å². The van der Waals surface area contributed by atoms with Crippen LogP contribution in [0.5, 0.6) is 34.5 Å². The van der Waals surface area contributed by atoms with Gasteiger partial charge in [-0.2, -0.15) is 0 Å². The average molecular weight is 473 g/mol. The van der Waals surface area contributed by atoms with Gasteiger partial charge in [0.2, 0.25) is 11.6 Å². The van der Waals surface area contributed by atoms with Gasteiger partial charge in [0.15, 0.2) is 17.2 Å². The SMILES string of the molecule is COc1cc(Cn2nnnc2C2=Nc3ccccc3Oc3cccc(OC)c32)cc(OC)c1OC. The molecule has 0 saturated heterocycles. The maximum atomic E-state index is 6.20. The summed E-state index contributed by atoms with van der Waals surface area (Å²) >= 11 is 0. The number of aliphatic imine (C=N–C) groups is 1. The number of fused-ring (bicyclic) bond motifs is 2. The molecule has 0 bridgehead atoms. The minimum atomic E-state index is 0.324. The van der Waals surface area contributed by atoms with Crippen LogP contribution in [0.4, 0.5) is 5.69 Å². The molecule has 0 radical (unpaired) electrons. The molecule has 5 rings (SSSR count). The second-order valence-corrected chi connectivity index (χ2v) is 7.56. The number of para-hydroxylation sites is 2. The van der Waals surface area contributed by atoms with E-state index in [2.05, 4.69) is 15.5 Å². The van der Waals surface area contributed by atoms with Crippen molar-refractivity contribution in [1.29, 1.82) is 0 Å². The molecule has 0 spiro atoms. The summed E-state index contributed by atoms with van der Waals surface area (Å²) in [7, 11) is 6.31. The number of tetrazole rings is 1. The second kappa shape index (κ2) is 9.34. The van der Waals surface area contributed by atoms with Gasteiger partial charge in [-0.25, -0.2) is 9.67 Å². The molecule has 0 N–H and O–H groups in total. The monoisotopic (exact) mass is 473 g/mol. The molecule has 0 saturated carbocycles. The van der Waals surface area contributed by atoms with Crippen LogP contribution >= 0.6 is 0 Å². The summed E-state index contributed by atoms with van der Waals surface area (Å²) in [6.07, 6.45) is 0. The van der Waals surface area contributed by atoms with Crippen molar-refractivity contribution in [3.05, 3.63) is 71.5 Å². The van der Waals surface area contributed by atoms with Gasteiger partial charge in [0.1, 0.15) is 22.9 Å². The molecule has 1 aliphatic heterocycles. The zero-order chi connectivity index (χ0) is 24.4. The molecule has 1 aliphatic rings.